The van der Waals surface area contributed by atoms with Crippen molar-refractivity contribution in [3.05, 3.63) is 93.2 Å². The molecular formula is C25H21BrN2O4. The lowest BCUT2D eigenvalue weighted by molar-refractivity contribution is -0.132. The number of hydrogen-bond donors (Lipinski definition) is 1. The molecule has 7 heteroatoms. The molecule has 1 N–H and O–H groups in total. The number of aromatic nitrogens is 1. The minimum Gasteiger partial charge on any atom is -0.507 e. The SMILES string of the molecule is COc1ccc(/C(O)=C2/C(=O)C(=O)N(c3cc(C)ccc3C)C2c2ccncc2)cc1Br. The van der Waals surface area contributed by atoms with Gasteiger partial charge in [0.2, 0.25) is 0 Å². The fourth-order valence-corrected chi connectivity index (χ4v) is 4.43. The van der Waals surface area contributed by atoms with Crippen molar-refractivity contribution in [2.45, 2.75) is 19.9 Å². The van der Waals surface area contributed by atoms with Gasteiger partial charge in [-0.2, -0.15) is 0 Å². The highest BCUT2D eigenvalue weighted by atomic mass is 79.9. The van der Waals surface area contributed by atoms with Gasteiger partial charge in [0.1, 0.15) is 11.5 Å². The zero-order valence-corrected chi connectivity index (χ0v) is 19.4. The monoisotopic (exact) mass is 492 g/mol. The number of aliphatic hydroxyl groups excluding tert-OH is 1. The Bertz CT molecular complexity index is 1250. The molecule has 1 aromatic heterocycles. The van der Waals surface area contributed by atoms with Crippen molar-refractivity contribution >= 4 is 39.1 Å². The van der Waals surface area contributed by atoms with Crippen LogP contribution in [0.15, 0.2) is 71.0 Å². The molecule has 1 aliphatic rings. The smallest absolute Gasteiger partial charge is 0.300 e. The van der Waals surface area contributed by atoms with Crippen LogP contribution in [0.4, 0.5) is 5.69 Å². The average Bonchev–Trinajstić information content (AvgIpc) is 3.06. The minimum atomic E-state index is -0.792. The highest BCUT2D eigenvalue weighted by Crippen LogP contribution is 2.43. The maximum Gasteiger partial charge on any atom is 0.300 e. The van der Waals surface area contributed by atoms with Gasteiger partial charge in [-0.25, -0.2) is 0 Å². The Hall–Kier alpha value is -3.45. The number of pyridine rings is 1. The number of methoxy groups -OCH3 is 1. The van der Waals surface area contributed by atoms with E-state index in [2.05, 4.69) is 20.9 Å². The Kier molecular flexibility index (Phi) is 5.84. The number of Topliss-reactive ketones (excluding diaryl/α,β-unsaturated/α-hetero) is 1. The summed E-state index contributed by atoms with van der Waals surface area (Å²) in [6.07, 6.45) is 3.20. The number of aryl methyl sites for hydroxylation is 2. The third kappa shape index (κ3) is 3.69. The van der Waals surface area contributed by atoms with E-state index in [9.17, 15) is 14.7 Å². The highest BCUT2D eigenvalue weighted by molar-refractivity contribution is 9.10. The quantitative estimate of drug-likeness (QED) is 0.311. The van der Waals surface area contributed by atoms with E-state index in [1.54, 1.807) is 49.8 Å². The lowest BCUT2D eigenvalue weighted by Gasteiger charge is -2.27. The van der Waals surface area contributed by atoms with E-state index < -0.39 is 17.7 Å². The van der Waals surface area contributed by atoms with E-state index in [0.29, 0.717) is 27.0 Å². The molecule has 0 radical (unpaired) electrons. The van der Waals surface area contributed by atoms with Crippen molar-refractivity contribution in [1.29, 1.82) is 0 Å². The molecular weight excluding hydrogens is 472 g/mol. The Morgan fingerprint density at radius 1 is 1.06 bits per heavy atom. The zero-order chi connectivity index (χ0) is 23.0. The van der Waals surface area contributed by atoms with Crippen molar-refractivity contribution in [3.63, 3.8) is 0 Å². The summed E-state index contributed by atoms with van der Waals surface area (Å²) in [5.41, 5.74) is 3.54. The Morgan fingerprint density at radius 2 is 1.78 bits per heavy atom. The van der Waals surface area contributed by atoms with Crippen LogP contribution in [0.3, 0.4) is 0 Å². The minimum absolute atomic E-state index is 0.0270. The molecule has 1 fully saturated rings. The van der Waals surface area contributed by atoms with Crippen LogP contribution in [-0.4, -0.2) is 28.9 Å². The second-order valence-electron chi connectivity index (χ2n) is 7.59. The fourth-order valence-electron chi connectivity index (χ4n) is 3.89. The molecule has 1 amide bonds. The number of ketones is 1. The van der Waals surface area contributed by atoms with Crippen molar-refractivity contribution in [3.8, 4) is 5.75 Å². The van der Waals surface area contributed by atoms with Gasteiger partial charge < -0.3 is 9.84 Å². The van der Waals surface area contributed by atoms with E-state index in [-0.39, 0.29) is 11.3 Å². The first-order valence-corrected chi connectivity index (χ1v) is 10.7. The van der Waals surface area contributed by atoms with Gasteiger partial charge in [0.15, 0.2) is 0 Å². The summed E-state index contributed by atoms with van der Waals surface area (Å²) in [5.74, 6) is -1.09. The number of carbonyl (C=O) groups excluding carboxylic acids is 2. The van der Waals surface area contributed by atoms with Gasteiger partial charge in [0, 0.05) is 23.6 Å². The van der Waals surface area contributed by atoms with Gasteiger partial charge in [-0.15, -0.1) is 0 Å². The van der Waals surface area contributed by atoms with E-state index in [1.165, 1.54) is 4.90 Å². The summed E-state index contributed by atoms with van der Waals surface area (Å²) >= 11 is 3.41. The molecule has 0 saturated carbocycles. The molecule has 6 nitrogen and oxygen atoms in total. The number of amides is 1. The van der Waals surface area contributed by atoms with Gasteiger partial charge in [0.05, 0.1) is 23.2 Å². The van der Waals surface area contributed by atoms with Crippen LogP contribution >= 0.6 is 15.9 Å². The molecule has 1 aliphatic heterocycles. The second-order valence-corrected chi connectivity index (χ2v) is 8.44. The summed E-state index contributed by atoms with van der Waals surface area (Å²) in [6.45, 7) is 3.81. The van der Waals surface area contributed by atoms with Crippen LogP contribution in [0.2, 0.25) is 0 Å². The van der Waals surface area contributed by atoms with Crippen molar-refractivity contribution in [2.75, 3.05) is 12.0 Å². The van der Waals surface area contributed by atoms with Gasteiger partial charge >= 0.3 is 0 Å². The lowest BCUT2D eigenvalue weighted by Crippen LogP contribution is -2.30. The van der Waals surface area contributed by atoms with Crippen LogP contribution in [0.25, 0.3) is 5.76 Å². The first-order valence-electron chi connectivity index (χ1n) is 9.95. The third-order valence-corrected chi connectivity index (χ3v) is 6.14. The summed E-state index contributed by atoms with van der Waals surface area (Å²) in [6, 6.07) is 13.4. The summed E-state index contributed by atoms with van der Waals surface area (Å²) in [7, 11) is 1.54. The van der Waals surface area contributed by atoms with Crippen LogP contribution < -0.4 is 9.64 Å². The molecule has 2 aromatic carbocycles. The first kappa shape index (κ1) is 21.8. The number of anilines is 1. The molecule has 0 spiro atoms. The molecule has 4 rings (SSSR count). The van der Waals surface area contributed by atoms with E-state index >= 15 is 0 Å². The van der Waals surface area contributed by atoms with Crippen LogP contribution in [-0.2, 0) is 9.59 Å². The number of halogens is 1. The Labute approximate surface area is 194 Å². The van der Waals surface area contributed by atoms with E-state index in [4.69, 9.17) is 4.74 Å². The molecule has 0 aliphatic carbocycles. The topological polar surface area (TPSA) is 79.7 Å². The number of ether oxygens (including phenoxy) is 1. The predicted octanol–water partition coefficient (Wildman–Crippen LogP) is 5.10. The van der Waals surface area contributed by atoms with Crippen LogP contribution in [0.5, 0.6) is 5.75 Å². The molecule has 1 atom stereocenters. The van der Waals surface area contributed by atoms with Gasteiger partial charge in [-0.05, 0) is 82.9 Å². The number of hydrogen-bond acceptors (Lipinski definition) is 5. The number of benzene rings is 2. The Balaban J connectivity index is 1.96. The second kappa shape index (κ2) is 8.59. The van der Waals surface area contributed by atoms with Gasteiger partial charge in [-0.3, -0.25) is 19.5 Å². The molecule has 1 unspecified atom stereocenters. The number of aliphatic hydroxyl groups is 1. The maximum absolute atomic E-state index is 13.3. The van der Waals surface area contributed by atoms with E-state index in [0.717, 1.165) is 11.1 Å². The van der Waals surface area contributed by atoms with Crippen molar-refractivity contribution < 1.29 is 19.4 Å². The van der Waals surface area contributed by atoms with Crippen molar-refractivity contribution in [2.24, 2.45) is 0 Å². The lowest BCUT2D eigenvalue weighted by atomic mass is 9.95. The highest BCUT2D eigenvalue weighted by Gasteiger charge is 2.47. The average molecular weight is 493 g/mol. The standard InChI is InChI=1S/C25H21BrN2O4/c1-14-4-5-15(2)19(12-14)28-22(16-8-10-27-11-9-16)21(24(30)25(28)31)23(29)17-6-7-20(32-3)18(26)13-17/h4-13,22,29H,1-3H3/b23-21-. The molecule has 2 heterocycles. The van der Waals surface area contributed by atoms with Crippen molar-refractivity contribution in [1.82, 2.24) is 4.98 Å². The number of nitrogens with zero attached hydrogens (tertiary/aromatic N) is 2. The zero-order valence-electron chi connectivity index (χ0n) is 17.8. The summed E-state index contributed by atoms with van der Waals surface area (Å²) in [4.78, 5) is 32.0. The largest absolute Gasteiger partial charge is 0.507 e. The Morgan fingerprint density at radius 3 is 2.44 bits per heavy atom. The van der Waals surface area contributed by atoms with Crippen LogP contribution in [0.1, 0.15) is 28.3 Å². The maximum atomic E-state index is 13.3. The molecule has 0 bridgehead atoms. The van der Waals surface area contributed by atoms with Gasteiger partial charge in [-0.1, -0.05) is 12.1 Å². The number of rotatable bonds is 4. The molecule has 32 heavy (non-hydrogen) atoms. The molecule has 1 saturated heterocycles. The van der Waals surface area contributed by atoms with Gasteiger partial charge in [0.25, 0.3) is 11.7 Å². The normalized spacial score (nSPS) is 17.6. The first-order chi connectivity index (χ1) is 15.3. The number of carbonyl (C=O) groups is 2. The molecule has 3 aromatic rings. The third-order valence-electron chi connectivity index (χ3n) is 5.52. The predicted molar refractivity (Wildman–Crippen MR) is 126 cm³/mol. The van der Waals surface area contributed by atoms with Crippen LogP contribution in [0, 0.1) is 13.8 Å². The van der Waals surface area contributed by atoms with E-state index in [1.807, 2.05) is 32.0 Å². The summed E-state index contributed by atoms with van der Waals surface area (Å²) in [5, 5.41) is 11.2. The molecule has 162 valence electrons. The summed E-state index contributed by atoms with van der Waals surface area (Å²) < 4.78 is 5.87. The fraction of sp³-hybridized carbons (Fsp3) is 0.160.